The molecule has 1 aliphatic rings. The minimum absolute atomic E-state index is 0.117. The first-order chi connectivity index (χ1) is 9.54. The lowest BCUT2D eigenvalue weighted by Crippen LogP contribution is -2.18. The first-order valence-corrected chi connectivity index (χ1v) is 6.69. The highest BCUT2D eigenvalue weighted by atomic mass is 16.4. The van der Waals surface area contributed by atoms with Crippen LogP contribution in [0.2, 0.25) is 0 Å². The predicted molar refractivity (Wildman–Crippen MR) is 74.9 cm³/mol. The molecule has 20 heavy (non-hydrogen) atoms. The smallest absolute Gasteiger partial charge is 0.339 e. The third kappa shape index (κ3) is 1.88. The van der Waals surface area contributed by atoms with E-state index in [4.69, 9.17) is 0 Å². The van der Waals surface area contributed by atoms with Crippen molar-refractivity contribution in [2.24, 2.45) is 0 Å². The number of hydrogen-bond donors (Lipinski definition) is 1. The molecule has 0 bridgehead atoms. The fourth-order valence-electron chi connectivity index (χ4n) is 2.76. The average molecular weight is 268 g/mol. The first-order valence-electron chi connectivity index (χ1n) is 6.69. The molecule has 0 saturated heterocycles. The van der Waals surface area contributed by atoms with Gasteiger partial charge in [-0.2, -0.15) is 0 Å². The van der Waals surface area contributed by atoms with Gasteiger partial charge in [0.2, 0.25) is 0 Å². The highest BCUT2D eigenvalue weighted by Gasteiger charge is 2.48. The van der Waals surface area contributed by atoms with Crippen LogP contribution < -0.4 is 0 Å². The van der Waals surface area contributed by atoms with Crippen molar-refractivity contribution in [1.82, 2.24) is 9.97 Å². The maximum absolute atomic E-state index is 11.2. The number of benzene rings is 1. The van der Waals surface area contributed by atoms with E-state index in [0.29, 0.717) is 11.4 Å². The molecular formula is C16H16N2O2. The van der Waals surface area contributed by atoms with Crippen LogP contribution in [-0.2, 0) is 5.41 Å². The van der Waals surface area contributed by atoms with Crippen LogP contribution in [-0.4, -0.2) is 21.0 Å². The van der Waals surface area contributed by atoms with E-state index in [1.807, 2.05) is 18.2 Å². The molecule has 3 rings (SSSR count). The Hall–Kier alpha value is -2.23. The molecule has 0 radical (unpaired) electrons. The Labute approximate surface area is 117 Å². The van der Waals surface area contributed by atoms with E-state index in [0.717, 1.165) is 18.7 Å². The number of carboxylic acids is 1. The molecule has 1 aliphatic carbocycles. The Kier molecular flexibility index (Phi) is 2.82. The summed E-state index contributed by atoms with van der Waals surface area (Å²) in [4.78, 5) is 20.2. The van der Waals surface area contributed by atoms with Crippen molar-refractivity contribution in [3.05, 3.63) is 58.7 Å². The van der Waals surface area contributed by atoms with E-state index in [-0.39, 0.29) is 11.0 Å². The molecular weight excluding hydrogens is 252 g/mol. The summed E-state index contributed by atoms with van der Waals surface area (Å²) in [5.41, 5.74) is 2.40. The fourth-order valence-corrected chi connectivity index (χ4v) is 2.76. The predicted octanol–water partition coefficient (Wildman–Crippen LogP) is 2.87. The summed E-state index contributed by atoms with van der Waals surface area (Å²) >= 11 is 0. The summed E-state index contributed by atoms with van der Waals surface area (Å²) in [7, 11) is 0. The van der Waals surface area contributed by atoms with Crippen molar-refractivity contribution in [3.8, 4) is 0 Å². The molecule has 1 saturated carbocycles. The summed E-state index contributed by atoms with van der Waals surface area (Å²) in [6.45, 7) is 3.48. The number of aromatic carboxylic acids is 1. The van der Waals surface area contributed by atoms with Crippen molar-refractivity contribution in [1.29, 1.82) is 0 Å². The summed E-state index contributed by atoms with van der Waals surface area (Å²) in [5, 5.41) is 9.19. The number of carbonyl (C=O) groups is 1. The number of aromatic nitrogens is 2. The van der Waals surface area contributed by atoms with Crippen LogP contribution in [0.3, 0.4) is 0 Å². The molecule has 2 aromatic rings. The van der Waals surface area contributed by atoms with Crippen molar-refractivity contribution in [3.63, 3.8) is 0 Å². The molecule has 0 unspecified atom stereocenters. The van der Waals surface area contributed by atoms with Gasteiger partial charge in [0, 0.05) is 0 Å². The van der Waals surface area contributed by atoms with Gasteiger partial charge in [-0.1, -0.05) is 30.3 Å². The van der Waals surface area contributed by atoms with Gasteiger partial charge >= 0.3 is 5.97 Å². The summed E-state index contributed by atoms with van der Waals surface area (Å²) in [6.07, 6.45) is 2.03. The molecule has 1 aromatic heterocycles. The number of nitrogens with zero attached hydrogens (tertiary/aromatic N) is 2. The van der Waals surface area contributed by atoms with E-state index >= 15 is 0 Å². The Morgan fingerprint density at radius 1 is 1.10 bits per heavy atom. The molecule has 1 aromatic carbocycles. The number of carboxylic acid groups (broad SMARTS) is 1. The lowest BCUT2D eigenvalue weighted by Gasteiger charge is -2.16. The maximum atomic E-state index is 11.2. The van der Waals surface area contributed by atoms with E-state index in [2.05, 4.69) is 22.1 Å². The SMILES string of the molecule is Cc1nc(C2(c3ccccc3)CC2)nc(C)c1C(=O)O. The fraction of sp³-hybridized carbons (Fsp3) is 0.312. The third-order valence-electron chi connectivity index (χ3n) is 3.99. The van der Waals surface area contributed by atoms with Crippen LogP contribution in [0.1, 0.15) is 46.0 Å². The van der Waals surface area contributed by atoms with Gasteiger partial charge in [-0.15, -0.1) is 0 Å². The topological polar surface area (TPSA) is 63.1 Å². The van der Waals surface area contributed by atoms with E-state index in [1.54, 1.807) is 13.8 Å². The molecule has 0 aliphatic heterocycles. The summed E-state index contributed by atoms with van der Waals surface area (Å²) in [5.74, 6) is -0.209. The molecule has 0 atom stereocenters. The van der Waals surface area contributed by atoms with Crippen LogP contribution in [0, 0.1) is 13.8 Å². The zero-order valence-corrected chi connectivity index (χ0v) is 11.6. The van der Waals surface area contributed by atoms with Crippen molar-refractivity contribution >= 4 is 5.97 Å². The van der Waals surface area contributed by atoms with E-state index in [9.17, 15) is 9.90 Å². The van der Waals surface area contributed by atoms with Gasteiger partial charge in [-0.25, -0.2) is 14.8 Å². The monoisotopic (exact) mass is 268 g/mol. The van der Waals surface area contributed by atoms with Gasteiger partial charge < -0.3 is 5.11 Å². The highest BCUT2D eigenvalue weighted by molar-refractivity contribution is 5.89. The van der Waals surface area contributed by atoms with Crippen LogP contribution in [0.25, 0.3) is 0 Å². The molecule has 102 valence electrons. The average Bonchev–Trinajstić information content (AvgIpc) is 3.20. The first kappa shape index (κ1) is 12.8. The molecule has 1 heterocycles. The number of hydrogen-bond acceptors (Lipinski definition) is 3. The van der Waals surface area contributed by atoms with Crippen LogP contribution in [0.4, 0.5) is 0 Å². The van der Waals surface area contributed by atoms with Crippen molar-refractivity contribution < 1.29 is 9.90 Å². The zero-order valence-electron chi connectivity index (χ0n) is 11.6. The molecule has 4 heteroatoms. The van der Waals surface area contributed by atoms with Crippen molar-refractivity contribution in [2.75, 3.05) is 0 Å². The van der Waals surface area contributed by atoms with Gasteiger partial charge in [0.1, 0.15) is 11.4 Å². The second-order valence-corrected chi connectivity index (χ2v) is 5.35. The van der Waals surface area contributed by atoms with Crippen LogP contribution in [0.15, 0.2) is 30.3 Å². The molecule has 4 nitrogen and oxygen atoms in total. The maximum Gasteiger partial charge on any atom is 0.339 e. The lowest BCUT2D eigenvalue weighted by molar-refractivity contribution is 0.0694. The number of rotatable bonds is 3. The minimum atomic E-state index is -0.962. The molecule has 1 fully saturated rings. The zero-order chi connectivity index (χ0) is 14.3. The standard InChI is InChI=1S/C16H16N2O2/c1-10-13(14(19)20)11(2)18-15(17-10)16(8-9-16)12-6-4-3-5-7-12/h3-7H,8-9H2,1-2H3,(H,19,20). The van der Waals surface area contributed by atoms with Gasteiger partial charge in [-0.3, -0.25) is 0 Å². The van der Waals surface area contributed by atoms with Gasteiger partial charge in [0.05, 0.1) is 16.8 Å². The molecule has 0 amide bonds. The number of aryl methyl sites for hydroxylation is 2. The van der Waals surface area contributed by atoms with Gasteiger partial charge in [0.25, 0.3) is 0 Å². The quantitative estimate of drug-likeness (QED) is 0.929. The highest BCUT2D eigenvalue weighted by Crippen LogP contribution is 2.52. The van der Waals surface area contributed by atoms with Crippen LogP contribution in [0.5, 0.6) is 0 Å². The lowest BCUT2D eigenvalue weighted by atomic mass is 9.94. The normalized spacial score (nSPS) is 15.9. The Bertz CT molecular complexity index is 653. The second-order valence-electron chi connectivity index (χ2n) is 5.35. The van der Waals surface area contributed by atoms with E-state index < -0.39 is 5.97 Å². The summed E-state index contributed by atoms with van der Waals surface area (Å²) < 4.78 is 0. The van der Waals surface area contributed by atoms with E-state index in [1.165, 1.54) is 5.56 Å². The largest absolute Gasteiger partial charge is 0.478 e. The Morgan fingerprint density at radius 2 is 1.65 bits per heavy atom. The van der Waals surface area contributed by atoms with Crippen molar-refractivity contribution in [2.45, 2.75) is 32.1 Å². The Balaban J connectivity index is 2.10. The second kappa shape index (κ2) is 4.40. The molecule has 0 spiro atoms. The minimum Gasteiger partial charge on any atom is -0.478 e. The Morgan fingerprint density at radius 3 is 2.10 bits per heavy atom. The van der Waals surface area contributed by atoms with Gasteiger partial charge in [-0.05, 0) is 32.3 Å². The van der Waals surface area contributed by atoms with Crippen LogP contribution >= 0.6 is 0 Å². The summed E-state index contributed by atoms with van der Waals surface area (Å²) in [6, 6.07) is 10.2. The molecule has 1 N–H and O–H groups in total. The third-order valence-corrected chi connectivity index (χ3v) is 3.99. The van der Waals surface area contributed by atoms with Gasteiger partial charge in [0.15, 0.2) is 0 Å².